The van der Waals surface area contributed by atoms with E-state index in [1.165, 1.54) is 6.07 Å². The Morgan fingerprint density at radius 3 is 2.41 bits per heavy atom. The normalized spacial score (nSPS) is 14.1. The van der Waals surface area contributed by atoms with E-state index in [-0.39, 0.29) is 11.3 Å². The summed E-state index contributed by atoms with van der Waals surface area (Å²) in [5.74, 6) is -0.430. The summed E-state index contributed by atoms with van der Waals surface area (Å²) in [6, 6.07) is 17.7. The van der Waals surface area contributed by atoms with Crippen molar-refractivity contribution in [3.63, 3.8) is 0 Å². The second-order valence-electron chi connectivity index (χ2n) is 8.23. The number of hydrogen-bond donors (Lipinski definition) is 1. The van der Waals surface area contributed by atoms with Gasteiger partial charge in [-0.25, -0.2) is 0 Å². The molecule has 1 aliphatic rings. The molecule has 0 radical (unpaired) electrons. The van der Waals surface area contributed by atoms with Gasteiger partial charge in [0.25, 0.3) is 11.6 Å². The number of nitrogens with zero attached hydrogens (tertiary/aromatic N) is 3. The fraction of sp³-hybridized carbons (Fsp3) is 0.240. The minimum absolute atomic E-state index is 0.0882. The number of nitrogens with one attached hydrogen (secondary N) is 1. The molecule has 7 nitrogen and oxygen atoms in total. The largest absolute Gasteiger partial charge is 0.368 e. The molecule has 0 spiro atoms. The van der Waals surface area contributed by atoms with Gasteiger partial charge in [0, 0.05) is 60.6 Å². The summed E-state index contributed by atoms with van der Waals surface area (Å²) in [5.41, 5.74) is 3.18. The minimum Gasteiger partial charge on any atom is -0.368 e. The molecule has 0 aliphatic carbocycles. The number of nitro groups is 1. The van der Waals surface area contributed by atoms with Gasteiger partial charge >= 0.3 is 0 Å². The first kappa shape index (κ1) is 24.0. The SMILES string of the molecule is Cc1ccc(C(=O)Nc2ccc(N3CCN(Cc4ccccc4Cl)CC3)c(Cl)c2)cc1[N+](=O)[O-]. The summed E-state index contributed by atoms with van der Waals surface area (Å²) < 4.78 is 0. The van der Waals surface area contributed by atoms with Crippen LogP contribution in [0.25, 0.3) is 0 Å². The van der Waals surface area contributed by atoms with Crippen LogP contribution in [-0.4, -0.2) is 41.9 Å². The number of aryl methyl sites for hydroxylation is 1. The van der Waals surface area contributed by atoms with Gasteiger partial charge in [0.1, 0.15) is 0 Å². The Morgan fingerprint density at radius 2 is 1.74 bits per heavy atom. The second kappa shape index (κ2) is 10.4. The number of hydrogen-bond acceptors (Lipinski definition) is 5. The van der Waals surface area contributed by atoms with E-state index in [1.54, 1.807) is 31.2 Å². The van der Waals surface area contributed by atoms with Crippen LogP contribution in [0.1, 0.15) is 21.5 Å². The van der Waals surface area contributed by atoms with Crippen LogP contribution in [0.4, 0.5) is 17.1 Å². The van der Waals surface area contributed by atoms with Gasteiger partial charge in [0.15, 0.2) is 0 Å². The van der Waals surface area contributed by atoms with Crippen LogP contribution in [0.2, 0.25) is 10.0 Å². The lowest BCUT2D eigenvalue weighted by molar-refractivity contribution is -0.385. The summed E-state index contributed by atoms with van der Waals surface area (Å²) >= 11 is 12.8. The molecule has 1 saturated heterocycles. The van der Waals surface area contributed by atoms with Gasteiger partial charge in [-0.1, -0.05) is 47.5 Å². The van der Waals surface area contributed by atoms with Gasteiger partial charge < -0.3 is 10.2 Å². The number of benzene rings is 3. The van der Waals surface area contributed by atoms with E-state index >= 15 is 0 Å². The van der Waals surface area contributed by atoms with Crippen molar-refractivity contribution < 1.29 is 9.72 Å². The van der Waals surface area contributed by atoms with Gasteiger partial charge in [0.2, 0.25) is 0 Å². The molecule has 3 aromatic rings. The first-order chi connectivity index (χ1) is 16.3. The van der Waals surface area contributed by atoms with Crippen LogP contribution < -0.4 is 10.2 Å². The summed E-state index contributed by atoms with van der Waals surface area (Å²) in [6.45, 7) is 5.85. The molecule has 0 aromatic heterocycles. The third-order valence-electron chi connectivity index (χ3n) is 5.94. The van der Waals surface area contributed by atoms with E-state index in [0.717, 1.165) is 49.0 Å². The summed E-state index contributed by atoms with van der Waals surface area (Å²) in [6.07, 6.45) is 0. The molecule has 0 bridgehead atoms. The number of amides is 1. The number of rotatable bonds is 6. The Kier molecular flexibility index (Phi) is 7.36. The third kappa shape index (κ3) is 5.50. The van der Waals surface area contributed by atoms with Crippen molar-refractivity contribution in [1.29, 1.82) is 0 Å². The van der Waals surface area contributed by atoms with Crippen LogP contribution in [0.5, 0.6) is 0 Å². The van der Waals surface area contributed by atoms with Crippen molar-refractivity contribution in [2.75, 3.05) is 36.4 Å². The predicted octanol–water partition coefficient (Wildman–Crippen LogP) is 5.78. The zero-order valence-corrected chi connectivity index (χ0v) is 20.1. The molecule has 0 unspecified atom stereocenters. The van der Waals surface area contributed by atoms with Crippen molar-refractivity contribution in [2.24, 2.45) is 0 Å². The minimum atomic E-state index is -0.494. The number of carbonyl (C=O) groups excluding carboxylic acids is 1. The Balaban J connectivity index is 1.38. The highest BCUT2D eigenvalue weighted by atomic mass is 35.5. The van der Waals surface area contributed by atoms with Crippen LogP contribution in [-0.2, 0) is 6.54 Å². The summed E-state index contributed by atoms with van der Waals surface area (Å²) in [4.78, 5) is 27.9. The quantitative estimate of drug-likeness (QED) is 0.344. The van der Waals surface area contributed by atoms with Gasteiger partial charge in [0.05, 0.1) is 15.6 Å². The molecule has 1 fully saturated rings. The Hall–Kier alpha value is -3.13. The Labute approximate surface area is 208 Å². The maximum atomic E-state index is 12.6. The number of piperazine rings is 1. The number of carbonyl (C=O) groups is 1. The monoisotopic (exact) mass is 498 g/mol. The first-order valence-corrected chi connectivity index (χ1v) is 11.6. The molecule has 3 aromatic carbocycles. The van der Waals surface area contributed by atoms with Gasteiger partial charge in [-0.2, -0.15) is 0 Å². The van der Waals surface area contributed by atoms with Crippen molar-refractivity contribution in [3.05, 3.63) is 97.5 Å². The fourth-order valence-corrected chi connectivity index (χ4v) is 4.50. The van der Waals surface area contributed by atoms with Crippen LogP contribution >= 0.6 is 23.2 Å². The molecule has 1 N–H and O–H groups in total. The highest BCUT2D eigenvalue weighted by Gasteiger charge is 2.20. The molecular weight excluding hydrogens is 475 g/mol. The fourth-order valence-electron chi connectivity index (χ4n) is 4.01. The zero-order chi connectivity index (χ0) is 24.2. The first-order valence-electron chi connectivity index (χ1n) is 10.9. The van der Waals surface area contributed by atoms with Crippen molar-refractivity contribution in [2.45, 2.75) is 13.5 Å². The van der Waals surface area contributed by atoms with E-state index in [1.807, 2.05) is 30.3 Å². The Bertz CT molecular complexity index is 1230. The standard InChI is InChI=1S/C25H24Cl2N4O3/c1-17-6-7-18(14-24(17)31(33)34)25(32)28-20-8-9-23(22(27)15-20)30-12-10-29(11-13-30)16-19-4-2-3-5-21(19)26/h2-9,14-15H,10-13,16H2,1H3,(H,28,32). The van der Waals surface area contributed by atoms with E-state index in [4.69, 9.17) is 23.2 Å². The number of anilines is 2. The molecule has 9 heteroatoms. The van der Waals surface area contributed by atoms with Crippen molar-refractivity contribution in [1.82, 2.24) is 4.90 Å². The molecule has 1 amide bonds. The molecule has 34 heavy (non-hydrogen) atoms. The summed E-state index contributed by atoms with van der Waals surface area (Å²) in [7, 11) is 0. The second-order valence-corrected chi connectivity index (χ2v) is 9.05. The van der Waals surface area contributed by atoms with E-state index < -0.39 is 10.8 Å². The molecule has 1 heterocycles. The highest BCUT2D eigenvalue weighted by Crippen LogP contribution is 2.30. The molecule has 0 saturated carbocycles. The Morgan fingerprint density at radius 1 is 1.00 bits per heavy atom. The summed E-state index contributed by atoms with van der Waals surface area (Å²) in [5, 5.41) is 15.2. The van der Waals surface area contributed by atoms with Crippen LogP contribution in [0, 0.1) is 17.0 Å². The topological polar surface area (TPSA) is 78.7 Å². The lowest BCUT2D eigenvalue weighted by atomic mass is 10.1. The van der Waals surface area contributed by atoms with Crippen molar-refractivity contribution >= 4 is 46.2 Å². The molecular formula is C25H24Cl2N4O3. The van der Waals surface area contributed by atoms with Crippen molar-refractivity contribution in [3.8, 4) is 0 Å². The molecule has 0 atom stereocenters. The third-order valence-corrected chi connectivity index (χ3v) is 6.61. The maximum Gasteiger partial charge on any atom is 0.273 e. The average molecular weight is 499 g/mol. The molecule has 176 valence electrons. The van der Waals surface area contributed by atoms with E-state index in [2.05, 4.69) is 15.1 Å². The van der Waals surface area contributed by atoms with Gasteiger partial charge in [-0.15, -0.1) is 0 Å². The smallest absolute Gasteiger partial charge is 0.273 e. The molecule has 4 rings (SSSR count). The lowest BCUT2D eigenvalue weighted by Crippen LogP contribution is -2.46. The predicted molar refractivity (Wildman–Crippen MR) is 136 cm³/mol. The number of halogens is 2. The van der Waals surface area contributed by atoms with Crippen LogP contribution in [0.3, 0.4) is 0 Å². The van der Waals surface area contributed by atoms with Gasteiger partial charge in [-0.3, -0.25) is 19.8 Å². The lowest BCUT2D eigenvalue weighted by Gasteiger charge is -2.36. The number of nitro benzene ring substituents is 1. The maximum absolute atomic E-state index is 12.6. The van der Waals surface area contributed by atoms with E-state index in [0.29, 0.717) is 16.3 Å². The van der Waals surface area contributed by atoms with Crippen LogP contribution in [0.15, 0.2) is 60.7 Å². The zero-order valence-electron chi connectivity index (χ0n) is 18.6. The molecule has 1 aliphatic heterocycles. The van der Waals surface area contributed by atoms with Gasteiger partial charge in [-0.05, 0) is 42.8 Å². The average Bonchev–Trinajstić information content (AvgIpc) is 2.81. The highest BCUT2D eigenvalue weighted by molar-refractivity contribution is 6.33. The van der Waals surface area contributed by atoms with E-state index in [9.17, 15) is 14.9 Å².